The van der Waals surface area contributed by atoms with Crippen LogP contribution in [0.2, 0.25) is 22.2 Å². The summed E-state index contributed by atoms with van der Waals surface area (Å²) in [4.78, 5) is 38.8. The Bertz CT molecular complexity index is 1200. The topological polar surface area (TPSA) is 127 Å². The van der Waals surface area contributed by atoms with Crippen molar-refractivity contribution >= 4 is 23.1 Å². The molecule has 234 valence electrons. The average molecular weight is 615 g/mol. The molecule has 2 aliphatic heterocycles. The summed E-state index contributed by atoms with van der Waals surface area (Å²) in [7, 11) is -5.85. The molecule has 1 aromatic heterocycles. The van der Waals surface area contributed by atoms with Crippen LogP contribution >= 0.6 is 0 Å². The van der Waals surface area contributed by atoms with Gasteiger partial charge in [-0.1, -0.05) is 55.4 Å². The van der Waals surface area contributed by atoms with Crippen LogP contribution in [0, 0.1) is 12.3 Å². The van der Waals surface area contributed by atoms with E-state index in [9.17, 15) is 19.5 Å². The summed E-state index contributed by atoms with van der Waals surface area (Å²) in [5.74, 6) is -0.551. The zero-order valence-corrected chi connectivity index (χ0v) is 28.7. The minimum absolute atomic E-state index is 0.0462. The molecule has 0 amide bonds. The lowest BCUT2D eigenvalue weighted by Crippen LogP contribution is -2.65. The van der Waals surface area contributed by atoms with Crippen molar-refractivity contribution in [3.05, 3.63) is 32.6 Å². The largest absolute Gasteiger partial charge is 0.443 e. The van der Waals surface area contributed by atoms with E-state index in [0.717, 1.165) is 4.57 Å². The minimum atomic E-state index is -3.03. The van der Waals surface area contributed by atoms with Gasteiger partial charge < -0.3 is 27.5 Å². The molecule has 13 heteroatoms. The van der Waals surface area contributed by atoms with Crippen molar-refractivity contribution in [2.24, 2.45) is 5.41 Å². The van der Waals surface area contributed by atoms with E-state index in [1.165, 1.54) is 10.8 Å². The Hall–Kier alpha value is -1.62. The number of aryl methyl sites for hydroxylation is 1. The highest BCUT2D eigenvalue weighted by molar-refractivity contribution is 6.84. The fourth-order valence-electron chi connectivity index (χ4n) is 5.76. The van der Waals surface area contributed by atoms with E-state index in [2.05, 4.69) is 55.4 Å². The molecule has 2 saturated heterocycles. The van der Waals surface area contributed by atoms with Gasteiger partial charge in [0.25, 0.3) is 5.56 Å². The van der Waals surface area contributed by atoms with E-state index >= 15 is 0 Å². The summed E-state index contributed by atoms with van der Waals surface area (Å²) in [5, 5.41) is 11.6. The number of ether oxygens (including phenoxy) is 2. The van der Waals surface area contributed by atoms with E-state index in [0.29, 0.717) is 0 Å². The SMILES string of the molecule is Cc1cn([C@@H]2O[C@H]3CO[Si](C(C)C)(C(C)C)O[Si](C(C)C)(C(C)C)O[C@@H]3[C@H]2O)c(=O)n(COC(=O)C(C)(C)C)c1=O. The van der Waals surface area contributed by atoms with Crippen LogP contribution in [0.25, 0.3) is 0 Å². The molecule has 2 fully saturated rings. The van der Waals surface area contributed by atoms with Gasteiger partial charge in [0.1, 0.15) is 18.3 Å². The molecule has 4 atom stereocenters. The molecular weight excluding hydrogens is 564 g/mol. The number of esters is 1. The van der Waals surface area contributed by atoms with Crippen LogP contribution in [-0.4, -0.2) is 62.3 Å². The maximum atomic E-state index is 13.6. The highest BCUT2D eigenvalue weighted by atomic mass is 28.5. The summed E-state index contributed by atoms with van der Waals surface area (Å²) < 4.78 is 34.5. The van der Waals surface area contributed by atoms with Crippen LogP contribution < -0.4 is 11.2 Å². The first-order valence-corrected chi connectivity index (χ1v) is 18.6. The van der Waals surface area contributed by atoms with Crippen LogP contribution in [0.15, 0.2) is 15.8 Å². The molecule has 0 bridgehead atoms. The van der Waals surface area contributed by atoms with Crippen molar-refractivity contribution in [3.8, 4) is 0 Å². The van der Waals surface area contributed by atoms with Crippen molar-refractivity contribution in [2.75, 3.05) is 6.61 Å². The predicted octanol–water partition coefficient (Wildman–Crippen LogP) is 4.08. The number of fused-ring (bicyclic) bond motifs is 1. The molecule has 0 aromatic carbocycles. The predicted molar refractivity (Wildman–Crippen MR) is 159 cm³/mol. The first-order valence-electron chi connectivity index (χ1n) is 14.6. The quantitative estimate of drug-likeness (QED) is 0.357. The third-order valence-corrected chi connectivity index (χ3v) is 18.5. The second kappa shape index (κ2) is 12.2. The number of aliphatic hydroxyl groups is 1. The molecule has 41 heavy (non-hydrogen) atoms. The lowest BCUT2D eigenvalue weighted by atomic mass is 9.98. The van der Waals surface area contributed by atoms with E-state index in [1.807, 2.05) is 0 Å². The number of carbonyl (C=O) groups excluding carboxylic acids is 1. The smallest absolute Gasteiger partial charge is 0.336 e. The van der Waals surface area contributed by atoms with Gasteiger partial charge in [0.2, 0.25) is 0 Å². The van der Waals surface area contributed by atoms with Gasteiger partial charge in [-0.25, -0.2) is 9.36 Å². The average Bonchev–Trinajstić information content (AvgIpc) is 3.13. The van der Waals surface area contributed by atoms with Gasteiger partial charge in [-0.15, -0.1) is 0 Å². The van der Waals surface area contributed by atoms with Crippen molar-refractivity contribution < 1.29 is 32.3 Å². The fraction of sp³-hybridized carbons (Fsp3) is 0.821. The molecule has 0 aliphatic carbocycles. The molecule has 3 heterocycles. The maximum Gasteiger partial charge on any atom is 0.336 e. The van der Waals surface area contributed by atoms with Gasteiger partial charge in [0.05, 0.1) is 12.0 Å². The third-order valence-electron chi connectivity index (χ3n) is 8.22. The molecule has 0 unspecified atom stereocenters. The van der Waals surface area contributed by atoms with Gasteiger partial charge >= 0.3 is 28.8 Å². The summed E-state index contributed by atoms with van der Waals surface area (Å²) in [5.41, 5.74) is -1.56. The number of aliphatic hydroxyl groups excluding tert-OH is 1. The molecule has 0 radical (unpaired) electrons. The van der Waals surface area contributed by atoms with Gasteiger partial charge in [0, 0.05) is 11.8 Å². The molecule has 0 spiro atoms. The van der Waals surface area contributed by atoms with Gasteiger partial charge in [-0.3, -0.25) is 14.2 Å². The third kappa shape index (κ3) is 6.22. The maximum absolute atomic E-state index is 13.6. The highest BCUT2D eigenvalue weighted by Gasteiger charge is 2.61. The number of carbonyl (C=O) groups is 1. The Morgan fingerprint density at radius 3 is 2.05 bits per heavy atom. The number of aromatic nitrogens is 2. The Morgan fingerprint density at radius 1 is 1.02 bits per heavy atom. The summed E-state index contributed by atoms with van der Waals surface area (Å²) in [6.45, 7) is 23.0. The Morgan fingerprint density at radius 2 is 1.56 bits per heavy atom. The molecule has 1 N–H and O–H groups in total. The number of nitrogens with zero attached hydrogens (tertiary/aromatic N) is 2. The Kier molecular flexibility index (Phi) is 10.1. The zero-order valence-electron chi connectivity index (χ0n) is 26.7. The summed E-state index contributed by atoms with van der Waals surface area (Å²) in [6.07, 6.45) is -2.51. The number of hydrogen-bond donors (Lipinski definition) is 1. The van der Waals surface area contributed by atoms with E-state index in [4.69, 9.17) is 22.4 Å². The molecule has 0 saturated carbocycles. The highest BCUT2D eigenvalue weighted by Crippen LogP contribution is 2.48. The van der Waals surface area contributed by atoms with Crippen LogP contribution in [-0.2, 0) is 34.0 Å². The molecule has 11 nitrogen and oxygen atoms in total. The van der Waals surface area contributed by atoms with Crippen molar-refractivity contribution in [1.29, 1.82) is 0 Å². The monoisotopic (exact) mass is 614 g/mol. The van der Waals surface area contributed by atoms with Crippen LogP contribution in [0.1, 0.15) is 88.0 Å². The zero-order chi connectivity index (χ0) is 31.2. The number of hydrogen-bond acceptors (Lipinski definition) is 9. The second-order valence-corrected chi connectivity index (χ2v) is 22.5. The van der Waals surface area contributed by atoms with Crippen LogP contribution in [0.4, 0.5) is 0 Å². The summed E-state index contributed by atoms with van der Waals surface area (Å²) in [6, 6.07) is 0. The molecule has 2 aliphatic rings. The van der Waals surface area contributed by atoms with Crippen molar-refractivity contribution in [2.45, 2.75) is 137 Å². The van der Waals surface area contributed by atoms with Crippen molar-refractivity contribution in [3.63, 3.8) is 0 Å². The Labute approximate surface area is 245 Å². The molecule has 1 aromatic rings. The first kappa shape index (κ1) is 33.9. The normalized spacial score (nSPS) is 26.4. The van der Waals surface area contributed by atoms with Gasteiger partial charge in [-0.2, -0.15) is 0 Å². The molecular formula is C28H50N2O9Si2. The van der Waals surface area contributed by atoms with Crippen LogP contribution in [0.3, 0.4) is 0 Å². The summed E-state index contributed by atoms with van der Waals surface area (Å²) >= 11 is 0. The second-order valence-electron chi connectivity index (χ2n) is 13.7. The number of rotatable bonds is 7. The van der Waals surface area contributed by atoms with E-state index < -0.39 is 71.0 Å². The van der Waals surface area contributed by atoms with Gasteiger partial charge in [0.15, 0.2) is 13.0 Å². The van der Waals surface area contributed by atoms with Gasteiger partial charge in [-0.05, 0) is 49.9 Å². The fourth-order valence-corrected chi connectivity index (χ4v) is 17.0. The standard InChI is InChI=1S/C28H50N2O9Si2/c1-16(2)40(17(3)4)36-14-21-23(38-41(39-40,18(5)6)19(7)8)22(31)25(37-21)29-13-20(9)24(32)30(27(29)34)15-35-26(33)28(10,11)12/h13,16-19,21-23,25,31H,14-15H2,1-12H3/t21-,22+,23-,25+/m0/s1. The Balaban J connectivity index is 2.07. The van der Waals surface area contributed by atoms with Crippen LogP contribution in [0.5, 0.6) is 0 Å². The minimum Gasteiger partial charge on any atom is -0.443 e. The van der Waals surface area contributed by atoms with E-state index in [1.54, 1.807) is 27.7 Å². The van der Waals surface area contributed by atoms with E-state index in [-0.39, 0.29) is 34.3 Å². The lowest BCUT2D eigenvalue weighted by Gasteiger charge is -2.51. The first-order chi connectivity index (χ1) is 18.8. The van der Waals surface area contributed by atoms with Crippen molar-refractivity contribution in [1.82, 2.24) is 9.13 Å². The lowest BCUT2D eigenvalue weighted by molar-refractivity contribution is -0.157. The molecule has 3 rings (SSSR count).